The van der Waals surface area contributed by atoms with Crippen LogP contribution in [0.2, 0.25) is 0 Å². The van der Waals surface area contributed by atoms with E-state index in [0.717, 1.165) is 10.0 Å². The maximum absolute atomic E-state index is 12.1. The van der Waals surface area contributed by atoms with Crippen molar-refractivity contribution in [3.8, 4) is 0 Å². The van der Waals surface area contributed by atoms with Crippen molar-refractivity contribution in [3.63, 3.8) is 0 Å². The second-order valence-corrected chi connectivity index (χ2v) is 5.94. The van der Waals surface area contributed by atoms with Gasteiger partial charge in [0.25, 0.3) is 0 Å². The van der Waals surface area contributed by atoms with E-state index in [9.17, 15) is 9.59 Å². The minimum atomic E-state index is -0.813. The van der Waals surface area contributed by atoms with Gasteiger partial charge in [-0.2, -0.15) is 0 Å². The van der Waals surface area contributed by atoms with Crippen LogP contribution in [0.3, 0.4) is 0 Å². The minimum absolute atomic E-state index is 0.00192. The molecule has 1 fully saturated rings. The Morgan fingerprint density at radius 3 is 2.47 bits per heavy atom. The number of benzene rings is 1. The van der Waals surface area contributed by atoms with Crippen LogP contribution in [0.25, 0.3) is 0 Å². The molecule has 2 unspecified atom stereocenters. The maximum atomic E-state index is 12.1. The molecule has 2 atom stereocenters. The van der Waals surface area contributed by atoms with Gasteiger partial charge in [0.15, 0.2) is 0 Å². The third kappa shape index (κ3) is 3.35. The van der Waals surface area contributed by atoms with Gasteiger partial charge in [-0.15, -0.1) is 0 Å². The van der Waals surface area contributed by atoms with Gasteiger partial charge in [0.05, 0.1) is 12.3 Å². The molecule has 1 N–H and O–H groups in total. The minimum Gasteiger partial charge on any atom is -0.481 e. The van der Waals surface area contributed by atoms with Crippen molar-refractivity contribution in [3.05, 3.63) is 34.3 Å². The molecule has 0 saturated carbocycles. The van der Waals surface area contributed by atoms with Crippen LogP contribution in [0.15, 0.2) is 28.7 Å². The molecule has 102 valence electrons. The number of carboxylic acids is 1. The van der Waals surface area contributed by atoms with E-state index in [1.807, 2.05) is 31.2 Å². The summed E-state index contributed by atoms with van der Waals surface area (Å²) in [6.45, 7) is 2.74. The Hall–Kier alpha value is -1.36. The lowest BCUT2D eigenvalue weighted by Gasteiger charge is -2.15. The molecule has 1 aliphatic rings. The van der Waals surface area contributed by atoms with Gasteiger partial charge in [0.2, 0.25) is 5.91 Å². The standard InChI is InChI=1S/C14H16BrNO3/c1-9-7-16(8-12(9)14(18)19)13(17)6-10-2-4-11(15)5-3-10/h2-5,9,12H,6-8H2,1H3,(H,18,19). The summed E-state index contributed by atoms with van der Waals surface area (Å²) in [5.41, 5.74) is 0.944. The van der Waals surface area contributed by atoms with E-state index >= 15 is 0 Å². The molecule has 0 aromatic heterocycles. The molecule has 1 amide bonds. The van der Waals surface area contributed by atoms with Crippen molar-refractivity contribution in [2.24, 2.45) is 11.8 Å². The van der Waals surface area contributed by atoms with Crippen LogP contribution >= 0.6 is 15.9 Å². The lowest BCUT2D eigenvalue weighted by molar-refractivity contribution is -0.142. The highest BCUT2D eigenvalue weighted by Crippen LogP contribution is 2.24. The van der Waals surface area contributed by atoms with Crippen molar-refractivity contribution in [1.29, 1.82) is 0 Å². The molecule has 0 radical (unpaired) electrons. The van der Waals surface area contributed by atoms with Gasteiger partial charge in [-0.05, 0) is 23.6 Å². The fourth-order valence-corrected chi connectivity index (χ4v) is 2.64. The van der Waals surface area contributed by atoms with Gasteiger partial charge in [-0.3, -0.25) is 9.59 Å². The number of carboxylic acid groups (broad SMARTS) is 1. The number of hydrogen-bond donors (Lipinski definition) is 1. The number of carbonyl (C=O) groups excluding carboxylic acids is 1. The zero-order valence-corrected chi connectivity index (χ0v) is 12.3. The Kier molecular flexibility index (Phi) is 4.24. The highest BCUT2D eigenvalue weighted by Gasteiger charge is 2.36. The molecule has 0 spiro atoms. The number of hydrogen-bond acceptors (Lipinski definition) is 2. The normalized spacial score (nSPS) is 22.5. The van der Waals surface area contributed by atoms with Gasteiger partial charge >= 0.3 is 5.97 Å². The van der Waals surface area contributed by atoms with E-state index in [0.29, 0.717) is 19.5 Å². The Labute approximate surface area is 120 Å². The maximum Gasteiger partial charge on any atom is 0.308 e. The number of rotatable bonds is 3. The smallest absolute Gasteiger partial charge is 0.308 e. The quantitative estimate of drug-likeness (QED) is 0.926. The predicted octanol–water partition coefficient (Wildman–Crippen LogP) is 2.17. The monoisotopic (exact) mass is 325 g/mol. The van der Waals surface area contributed by atoms with Crippen molar-refractivity contribution in [1.82, 2.24) is 4.90 Å². The lowest BCUT2D eigenvalue weighted by Crippen LogP contribution is -2.31. The second-order valence-electron chi connectivity index (χ2n) is 5.02. The van der Waals surface area contributed by atoms with E-state index in [1.165, 1.54) is 0 Å². The summed E-state index contributed by atoms with van der Waals surface area (Å²) in [6, 6.07) is 7.59. The SMILES string of the molecule is CC1CN(C(=O)Cc2ccc(Br)cc2)CC1C(=O)O. The molecule has 1 heterocycles. The highest BCUT2D eigenvalue weighted by molar-refractivity contribution is 9.10. The largest absolute Gasteiger partial charge is 0.481 e. The molecule has 1 aliphatic heterocycles. The van der Waals surface area contributed by atoms with E-state index in [-0.39, 0.29) is 11.8 Å². The van der Waals surface area contributed by atoms with Gasteiger partial charge < -0.3 is 10.0 Å². The van der Waals surface area contributed by atoms with Crippen molar-refractivity contribution in [2.75, 3.05) is 13.1 Å². The molecule has 4 nitrogen and oxygen atoms in total. The molecule has 5 heteroatoms. The zero-order valence-electron chi connectivity index (χ0n) is 10.7. The van der Waals surface area contributed by atoms with E-state index in [4.69, 9.17) is 5.11 Å². The first-order chi connectivity index (χ1) is 8.97. The highest BCUT2D eigenvalue weighted by atomic mass is 79.9. The zero-order chi connectivity index (χ0) is 14.0. The second kappa shape index (κ2) is 5.74. The molecule has 1 aromatic carbocycles. The lowest BCUT2D eigenvalue weighted by atomic mass is 9.99. The molecular weight excluding hydrogens is 310 g/mol. The van der Waals surface area contributed by atoms with Crippen LogP contribution in [-0.2, 0) is 16.0 Å². The number of amides is 1. The number of nitrogens with zero attached hydrogens (tertiary/aromatic N) is 1. The van der Waals surface area contributed by atoms with E-state index in [2.05, 4.69) is 15.9 Å². The van der Waals surface area contributed by atoms with E-state index in [1.54, 1.807) is 4.90 Å². The van der Waals surface area contributed by atoms with Gasteiger partial charge in [0, 0.05) is 17.6 Å². The van der Waals surface area contributed by atoms with Gasteiger partial charge in [0.1, 0.15) is 0 Å². The Bertz CT molecular complexity index is 486. The van der Waals surface area contributed by atoms with Crippen molar-refractivity contribution < 1.29 is 14.7 Å². The third-order valence-corrected chi connectivity index (χ3v) is 4.08. The summed E-state index contributed by atoms with van der Waals surface area (Å²) in [7, 11) is 0. The van der Waals surface area contributed by atoms with Gasteiger partial charge in [-0.25, -0.2) is 0 Å². The average molecular weight is 326 g/mol. The first-order valence-corrected chi connectivity index (χ1v) is 7.01. The summed E-state index contributed by atoms with van der Waals surface area (Å²) < 4.78 is 0.976. The van der Waals surface area contributed by atoms with Crippen LogP contribution < -0.4 is 0 Å². The van der Waals surface area contributed by atoms with Crippen LogP contribution in [0.1, 0.15) is 12.5 Å². The Balaban J connectivity index is 1.98. The third-order valence-electron chi connectivity index (χ3n) is 3.55. The van der Waals surface area contributed by atoms with Crippen LogP contribution in [0, 0.1) is 11.8 Å². The molecule has 1 aromatic rings. The molecule has 2 rings (SSSR count). The fourth-order valence-electron chi connectivity index (χ4n) is 2.38. The Morgan fingerprint density at radius 1 is 1.32 bits per heavy atom. The van der Waals surface area contributed by atoms with Gasteiger partial charge in [-0.1, -0.05) is 35.0 Å². The fraction of sp³-hybridized carbons (Fsp3) is 0.429. The predicted molar refractivity (Wildman–Crippen MR) is 74.7 cm³/mol. The van der Waals surface area contributed by atoms with Crippen molar-refractivity contribution >= 4 is 27.8 Å². The first kappa shape index (κ1) is 14.1. The van der Waals surface area contributed by atoms with E-state index < -0.39 is 11.9 Å². The summed E-state index contributed by atoms with van der Waals surface area (Å²) in [4.78, 5) is 24.8. The van der Waals surface area contributed by atoms with Crippen LogP contribution in [-0.4, -0.2) is 35.0 Å². The summed E-state index contributed by atoms with van der Waals surface area (Å²) >= 11 is 3.35. The molecule has 0 bridgehead atoms. The topological polar surface area (TPSA) is 57.6 Å². The molecule has 1 saturated heterocycles. The summed E-state index contributed by atoms with van der Waals surface area (Å²) in [5, 5.41) is 9.06. The average Bonchev–Trinajstić information content (AvgIpc) is 2.74. The molecule has 0 aliphatic carbocycles. The molecule has 19 heavy (non-hydrogen) atoms. The van der Waals surface area contributed by atoms with Crippen molar-refractivity contribution in [2.45, 2.75) is 13.3 Å². The summed E-state index contributed by atoms with van der Waals surface area (Å²) in [6.07, 6.45) is 0.326. The summed E-state index contributed by atoms with van der Waals surface area (Å²) in [5.74, 6) is -1.23. The number of likely N-dealkylation sites (tertiary alicyclic amines) is 1. The number of halogens is 1. The Morgan fingerprint density at radius 2 is 1.95 bits per heavy atom. The number of aliphatic carboxylic acids is 1. The van der Waals surface area contributed by atoms with Crippen LogP contribution in [0.5, 0.6) is 0 Å². The van der Waals surface area contributed by atoms with Crippen LogP contribution in [0.4, 0.5) is 0 Å². The molecular formula is C14H16BrNO3. The number of carbonyl (C=O) groups is 2. The first-order valence-electron chi connectivity index (χ1n) is 6.22.